The molecule has 3 aliphatic heterocycles. The molecule has 88 valence electrons. The van der Waals surface area contributed by atoms with Crippen LogP contribution in [0.5, 0.6) is 0 Å². The van der Waals surface area contributed by atoms with E-state index in [0.717, 1.165) is 19.6 Å². The van der Waals surface area contributed by atoms with Gasteiger partial charge in [-0.2, -0.15) is 4.99 Å². The largest absolute Gasteiger partial charge is 0.478 e. The van der Waals surface area contributed by atoms with E-state index in [2.05, 4.69) is 9.98 Å². The first-order valence-electron chi connectivity index (χ1n) is 5.51. The Labute approximate surface area is 93.3 Å². The Morgan fingerprint density at radius 2 is 1.81 bits per heavy atom. The van der Waals surface area contributed by atoms with Crippen LogP contribution >= 0.6 is 0 Å². The van der Waals surface area contributed by atoms with Crippen molar-refractivity contribution in [1.29, 1.82) is 0 Å². The predicted octanol–water partition coefficient (Wildman–Crippen LogP) is -0.0246. The molecule has 0 aromatic rings. The van der Waals surface area contributed by atoms with E-state index in [-0.39, 0.29) is 12.2 Å². The fraction of sp³-hybridized carbons (Fsp3) is 0.800. The van der Waals surface area contributed by atoms with Crippen LogP contribution in [0.1, 0.15) is 6.42 Å². The van der Waals surface area contributed by atoms with E-state index in [4.69, 9.17) is 18.9 Å². The quantitative estimate of drug-likeness (QED) is 0.631. The third kappa shape index (κ3) is 2.93. The first kappa shape index (κ1) is 10.0. The zero-order chi connectivity index (χ0) is 10.8. The van der Waals surface area contributed by atoms with Crippen molar-refractivity contribution in [3.8, 4) is 0 Å². The normalized spacial score (nSPS) is 31.5. The minimum absolute atomic E-state index is 0.226. The van der Waals surface area contributed by atoms with Crippen LogP contribution in [0.25, 0.3) is 0 Å². The summed E-state index contributed by atoms with van der Waals surface area (Å²) in [5.74, 6) is 0.692. The maximum Gasteiger partial charge on any atom is 0.314 e. The Kier molecular flexibility index (Phi) is 2.75. The standard InChI is InChI=1S/C10H14N2O4/c1-2-11-10(16-6-8-4-14-8)12-9(1)15-5-7-3-13-7/h7-8H,1-6H2. The molecule has 0 aromatic heterocycles. The molecule has 0 radical (unpaired) electrons. The summed E-state index contributed by atoms with van der Waals surface area (Å²) in [4.78, 5) is 8.35. The summed E-state index contributed by atoms with van der Waals surface area (Å²) in [5, 5.41) is 0. The van der Waals surface area contributed by atoms with Crippen LogP contribution in [0, 0.1) is 0 Å². The van der Waals surface area contributed by atoms with Crippen LogP contribution in [0.2, 0.25) is 0 Å². The highest BCUT2D eigenvalue weighted by Gasteiger charge is 2.26. The van der Waals surface area contributed by atoms with Gasteiger partial charge in [-0.05, 0) is 0 Å². The lowest BCUT2D eigenvalue weighted by Crippen LogP contribution is -2.19. The molecule has 0 aromatic carbocycles. The highest BCUT2D eigenvalue weighted by atomic mass is 16.6. The molecule has 2 fully saturated rings. The lowest BCUT2D eigenvalue weighted by molar-refractivity contribution is 0.235. The van der Waals surface area contributed by atoms with Gasteiger partial charge < -0.3 is 18.9 Å². The second kappa shape index (κ2) is 4.39. The smallest absolute Gasteiger partial charge is 0.314 e. The molecule has 16 heavy (non-hydrogen) atoms. The van der Waals surface area contributed by atoms with E-state index in [9.17, 15) is 0 Å². The zero-order valence-corrected chi connectivity index (χ0v) is 8.92. The van der Waals surface area contributed by atoms with Crippen LogP contribution in [0.4, 0.5) is 0 Å². The molecular weight excluding hydrogens is 212 g/mol. The summed E-state index contributed by atoms with van der Waals surface area (Å²) in [7, 11) is 0. The molecule has 0 aliphatic carbocycles. The van der Waals surface area contributed by atoms with Gasteiger partial charge >= 0.3 is 6.02 Å². The van der Waals surface area contributed by atoms with E-state index in [1.165, 1.54) is 0 Å². The fourth-order valence-corrected chi connectivity index (χ4v) is 1.31. The number of rotatable bonds is 4. The number of aliphatic imine (C=N–C) groups is 2. The molecule has 3 rings (SSSR count). The predicted molar refractivity (Wildman–Crippen MR) is 55.7 cm³/mol. The van der Waals surface area contributed by atoms with Crippen LogP contribution < -0.4 is 0 Å². The lowest BCUT2D eigenvalue weighted by atomic mass is 10.4. The number of ether oxygens (including phenoxy) is 4. The molecule has 0 spiro atoms. The number of hydrogen-bond donors (Lipinski definition) is 0. The number of hydrogen-bond acceptors (Lipinski definition) is 6. The van der Waals surface area contributed by atoms with Crippen molar-refractivity contribution >= 4 is 11.9 Å². The summed E-state index contributed by atoms with van der Waals surface area (Å²) in [6.07, 6.45) is 1.22. The van der Waals surface area contributed by atoms with Crippen molar-refractivity contribution in [2.75, 3.05) is 33.0 Å². The summed E-state index contributed by atoms with van der Waals surface area (Å²) in [5.41, 5.74) is 0. The molecule has 3 aliphatic rings. The Morgan fingerprint density at radius 1 is 1.12 bits per heavy atom. The lowest BCUT2D eigenvalue weighted by Gasteiger charge is -2.12. The van der Waals surface area contributed by atoms with E-state index in [1.807, 2.05) is 0 Å². The molecule has 6 heteroatoms. The molecule has 0 bridgehead atoms. The van der Waals surface area contributed by atoms with Crippen molar-refractivity contribution < 1.29 is 18.9 Å². The first-order chi connectivity index (χ1) is 7.90. The molecule has 6 nitrogen and oxygen atoms in total. The topological polar surface area (TPSA) is 68.2 Å². The van der Waals surface area contributed by atoms with Gasteiger partial charge in [0.15, 0.2) is 5.90 Å². The van der Waals surface area contributed by atoms with Crippen LogP contribution in [-0.4, -0.2) is 57.1 Å². The minimum Gasteiger partial charge on any atom is -0.478 e. The highest BCUT2D eigenvalue weighted by Crippen LogP contribution is 2.12. The van der Waals surface area contributed by atoms with Gasteiger partial charge in [-0.1, -0.05) is 0 Å². The van der Waals surface area contributed by atoms with E-state index < -0.39 is 0 Å². The second-order valence-electron chi connectivity index (χ2n) is 3.95. The zero-order valence-electron chi connectivity index (χ0n) is 8.92. The Morgan fingerprint density at radius 3 is 2.50 bits per heavy atom. The average Bonchev–Trinajstić information content (AvgIpc) is 3.17. The minimum atomic E-state index is 0.226. The molecule has 0 saturated carbocycles. The maximum atomic E-state index is 5.49. The summed E-state index contributed by atoms with van der Waals surface area (Å²) in [6.45, 7) is 3.35. The molecule has 0 amide bonds. The summed E-state index contributed by atoms with van der Waals surface area (Å²) in [6, 6.07) is 0.411. The molecule has 2 saturated heterocycles. The van der Waals surface area contributed by atoms with E-state index >= 15 is 0 Å². The van der Waals surface area contributed by atoms with Crippen LogP contribution in [0.15, 0.2) is 9.98 Å². The van der Waals surface area contributed by atoms with Gasteiger partial charge in [-0.25, -0.2) is 4.99 Å². The SMILES string of the molecule is C1CC(OCC2CO2)=NC(OCC2CO2)=N1. The maximum absolute atomic E-state index is 5.49. The average molecular weight is 226 g/mol. The van der Waals surface area contributed by atoms with Gasteiger partial charge in [0, 0.05) is 6.42 Å². The summed E-state index contributed by atoms with van der Waals surface area (Å²) >= 11 is 0. The van der Waals surface area contributed by atoms with Gasteiger partial charge in [-0.15, -0.1) is 0 Å². The van der Waals surface area contributed by atoms with Gasteiger partial charge in [0.05, 0.1) is 19.8 Å². The van der Waals surface area contributed by atoms with Gasteiger partial charge in [0.25, 0.3) is 0 Å². The van der Waals surface area contributed by atoms with E-state index in [1.54, 1.807) is 0 Å². The first-order valence-corrected chi connectivity index (χ1v) is 5.51. The second-order valence-corrected chi connectivity index (χ2v) is 3.95. The summed E-state index contributed by atoms with van der Waals surface area (Å²) < 4.78 is 21.0. The molecule has 3 heterocycles. The third-order valence-electron chi connectivity index (χ3n) is 2.43. The molecule has 2 atom stereocenters. The highest BCUT2D eigenvalue weighted by molar-refractivity contribution is 5.92. The van der Waals surface area contributed by atoms with Crippen molar-refractivity contribution in [3.63, 3.8) is 0 Å². The van der Waals surface area contributed by atoms with Crippen molar-refractivity contribution in [2.45, 2.75) is 18.6 Å². The number of nitrogens with zero attached hydrogens (tertiary/aromatic N) is 2. The van der Waals surface area contributed by atoms with Gasteiger partial charge in [0.2, 0.25) is 0 Å². The third-order valence-corrected chi connectivity index (χ3v) is 2.43. The number of epoxide rings is 2. The van der Waals surface area contributed by atoms with Crippen molar-refractivity contribution in [3.05, 3.63) is 0 Å². The Balaban J connectivity index is 1.46. The Hall–Kier alpha value is -1.14. The van der Waals surface area contributed by atoms with Crippen LogP contribution in [0.3, 0.4) is 0 Å². The Bertz CT molecular complexity index is 321. The van der Waals surface area contributed by atoms with E-state index in [0.29, 0.717) is 31.7 Å². The van der Waals surface area contributed by atoms with Crippen LogP contribution in [-0.2, 0) is 18.9 Å². The molecule has 2 unspecified atom stereocenters. The van der Waals surface area contributed by atoms with Gasteiger partial charge in [0.1, 0.15) is 25.4 Å². The monoisotopic (exact) mass is 226 g/mol. The van der Waals surface area contributed by atoms with Crippen molar-refractivity contribution in [2.24, 2.45) is 9.98 Å². The molecular formula is C10H14N2O4. The van der Waals surface area contributed by atoms with Crippen molar-refractivity contribution in [1.82, 2.24) is 0 Å². The molecule has 0 N–H and O–H groups in total. The van der Waals surface area contributed by atoms with Gasteiger partial charge in [-0.3, -0.25) is 0 Å². The fourth-order valence-electron chi connectivity index (χ4n) is 1.31. The number of amidine groups is 1.